The van der Waals surface area contributed by atoms with Gasteiger partial charge in [-0.05, 0) is 39.0 Å². The molecule has 4 nitrogen and oxygen atoms in total. The van der Waals surface area contributed by atoms with Crippen LogP contribution < -0.4 is 11.1 Å². The molecular formula is C15H19ClN2O2. The van der Waals surface area contributed by atoms with Gasteiger partial charge in [0.25, 0.3) is 0 Å². The van der Waals surface area contributed by atoms with Crippen molar-refractivity contribution >= 4 is 23.2 Å². The average molecular weight is 295 g/mol. The van der Waals surface area contributed by atoms with Gasteiger partial charge in [0.15, 0.2) is 0 Å². The summed E-state index contributed by atoms with van der Waals surface area (Å²) in [5, 5.41) is 3.26. The summed E-state index contributed by atoms with van der Waals surface area (Å²) in [6, 6.07) is 5.10. The van der Waals surface area contributed by atoms with Crippen molar-refractivity contribution in [1.82, 2.24) is 0 Å². The van der Waals surface area contributed by atoms with Crippen LogP contribution in [0, 0.1) is 11.8 Å². The van der Waals surface area contributed by atoms with E-state index in [-0.39, 0.29) is 24.7 Å². The number of amides is 1. The third-order valence-electron chi connectivity index (χ3n) is 2.21. The summed E-state index contributed by atoms with van der Waals surface area (Å²) in [6.07, 6.45) is 0. The molecule has 0 aliphatic heterocycles. The van der Waals surface area contributed by atoms with E-state index in [4.69, 9.17) is 22.1 Å². The Morgan fingerprint density at radius 3 is 2.75 bits per heavy atom. The van der Waals surface area contributed by atoms with Crippen LogP contribution in [0.3, 0.4) is 0 Å². The Morgan fingerprint density at radius 2 is 2.15 bits per heavy atom. The second-order valence-corrected chi connectivity index (χ2v) is 5.56. The van der Waals surface area contributed by atoms with Gasteiger partial charge in [-0.3, -0.25) is 4.79 Å². The lowest BCUT2D eigenvalue weighted by Gasteiger charge is -2.19. The van der Waals surface area contributed by atoms with Crippen LogP contribution in [-0.4, -0.2) is 24.7 Å². The first-order valence-corrected chi connectivity index (χ1v) is 6.62. The number of halogens is 1. The lowest BCUT2D eigenvalue weighted by atomic mass is 10.2. The van der Waals surface area contributed by atoms with Gasteiger partial charge >= 0.3 is 0 Å². The van der Waals surface area contributed by atoms with Crippen molar-refractivity contribution in [1.29, 1.82) is 0 Å². The number of rotatable bonds is 3. The monoisotopic (exact) mass is 294 g/mol. The highest BCUT2D eigenvalue weighted by molar-refractivity contribution is 6.31. The van der Waals surface area contributed by atoms with Crippen molar-refractivity contribution in [3.8, 4) is 11.8 Å². The molecule has 1 rings (SSSR count). The molecule has 5 heteroatoms. The van der Waals surface area contributed by atoms with Crippen molar-refractivity contribution in [2.24, 2.45) is 5.73 Å². The van der Waals surface area contributed by atoms with Gasteiger partial charge in [0, 0.05) is 11.3 Å². The number of nitrogens with one attached hydrogen (secondary N) is 1. The first-order chi connectivity index (χ1) is 9.31. The van der Waals surface area contributed by atoms with E-state index in [2.05, 4.69) is 17.2 Å². The molecule has 0 atom stereocenters. The van der Waals surface area contributed by atoms with E-state index in [1.165, 1.54) is 0 Å². The molecule has 0 fully saturated rings. The summed E-state index contributed by atoms with van der Waals surface area (Å²) in [5.74, 6) is 5.36. The summed E-state index contributed by atoms with van der Waals surface area (Å²) in [7, 11) is 0. The van der Waals surface area contributed by atoms with Crippen LogP contribution in [0.25, 0.3) is 0 Å². The first-order valence-electron chi connectivity index (χ1n) is 6.24. The fourth-order valence-corrected chi connectivity index (χ4v) is 1.49. The molecule has 1 aromatic carbocycles. The zero-order valence-electron chi connectivity index (χ0n) is 11.9. The van der Waals surface area contributed by atoms with Crippen molar-refractivity contribution < 1.29 is 9.53 Å². The summed E-state index contributed by atoms with van der Waals surface area (Å²) >= 11 is 6.01. The Balaban J connectivity index is 2.71. The van der Waals surface area contributed by atoms with Crippen LogP contribution >= 0.6 is 11.6 Å². The second kappa shape index (κ2) is 7.30. The highest BCUT2D eigenvalue weighted by Gasteiger charge is 2.13. The zero-order chi connectivity index (χ0) is 15.2. The molecule has 0 aliphatic rings. The van der Waals surface area contributed by atoms with Crippen molar-refractivity contribution in [3.05, 3.63) is 28.8 Å². The van der Waals surface area contributed by atoms with E-state index in [1.54, 1.807) is 18.2 Å². The summed E-state index contributed by atoms with van der Waals surface area (Å²) in [4.78, 5) is 11.7. The fourth-order valence-electron chi connectivity index (χ4n) is 1.32. The van der Waals surface area contributed by atoms with Gasteiger partial charge in [0.2, 0.25) is 5.91 Å². The minimum atomic E-state index is -0.352. The van der Waals surface area contributed by atoms with E-state index in [0.29, 0.717) is 16.3 Å². The van der Waals surface area contributed by atoms with Crippen LogP contribution in [0.5, 0.6) is 0 Å². The Labute approximate surface area is 124 Å². The number of carbonyl (C=O) groups is 1. The van der Waals surface area contributed by atoms with Gasteiger partial charge in [0.05, 0.1) is 17.2 Å². The van der Waals surface area contributed by atoms with E-state index in [9.17, 15) is 4.79 Å². The lowest BCUT2D eigenvalue weighted by molar-refractivity contribution is -0.125. The van der Waals surface area contributed by atoms with E-state index < -0.39 is 0 Å². The molecule has 108 valence electrons. The molecule has 20 heavy (non-hydrogen) atoms. The Morgan fingerprint density at radius 1 is 1.45 bits per heavy atom. The molecule has 0 aromatic heterocycles. The number of hydrogen-bond donors (Lipinski definition) is 2. The van der Waals surface area contributed by atoms with E-state index in [1.807, 2.05) is 20.8 Å². The van der Waals surface area contributed by atoms with Crippen LogP contribution in [0.4, 0.5) is 5.69 Å². The number of carbonyl (C=O) groups excluding carboxylic acids is 1. The van der Waals surface area contributed by atoms with Crippen LogP contribution in [0.2, 0.25) is 5.02 Å². The normalized spacial score (nSPS) is 10.7. The molecule has 0 heterocycles. The molecule has 0 bridgehead atoms. The molecule has 0 radical (unpaired) electrons. The molecule has 0 unspecified atom stereocenters. The quantitative estimate of drug-likeness (QED) is 0.842. The summed E-state index contributed by atoms with van der Waals surface area (Å²) in [5.41, 5.74) is 6.22. The fraction of sp³-hybridized carbons (Fsp3) is 0.400. The van der Waals surface area contributed by atoms with Crippen LogP contribution in [0.1, 0.15) is 26.3 Å². The van der Waals surface area contributed by atoms with Gasteiger partial charge in [-0.1, -0.05) is 23.4 Å². The highest BCUT2D eigenvalue weighted by atomic mass is 35.5. The number of anilines is 1. The molecule has 0 saturated carbocycles. The largest absolute Gasteiger partial charge is 0.366 e. The van der Waals surface area contributed by atoms with Crippen molar-refractivity contribution in [3.63, 3.8) is 0 Å². The standard InChI is InChI=1S/C15H19ClN2O2/c1-15(2,3)20-10-14(19)18-12-6-7-13(16)11(9-12)5-4-8-17/h6-7,9H,8,10,17H2,1-3H3,(H,18,19). The smallest absolute Gasteiger partial charge is 0.250 e. The highest BCUT2D eigenvalue weighted by Crippen LogP contribution is 2.19. The number of benzene rings is 1. The molecule has 1 amide bonds. The van der Waals surface area contributed by atoms with Gasteiger partial charge in [-0.2, -0.15) is 0 Å². The SMILES string of the molecule is CC(C)(C)OCC(=O)Nc1ccc(Cl)c(C#CCN)c1. The third kappa shape index (κ3) is 6.07. The van der Waals surface area contributed by atoms with Crippen LogP contribution in [-0.2, 0) is 9.53 Å². The number of hydrogen-bond acceptors (Lipinski definition) is 3. The van der Waals surface area contributed by atoms with E-state index in [0.717, 1.165) is 0 Å². The maximum absolute atomic E-state index is 11.7. The number of ether oxygens (including phenoxy) is 1. The minimum Gasteiger partial charge on any atom is -0.366 e. The van der Waals surface area contributed by atoms with Crippen molar-refractivity contribution in [2.75, 3.05) is 18.5 Å². The first kappa shape index (κ1) is 16.5. The van der Waals surface area contributed by atoms with Gasteiger partial charge in [0.1, 0.15) is 6.61 Å². The predicted molar refractivity (Wildman–Crippen MR) is 81.7 cm³/mol. The Kier molecular flexibility index (Phi) is 6.03. The van der Waals surface area contributed by atoms with Crippen LogP contribution in [0.15, 0.2) is 18.2 Å². The molecule has 1 aromatic rings. The second-order valence-electron chi connectivity index (χ2n) is 5.15. The summed E-state index contributed by atoms with van der Waals surface area (Å²) in [6.45, 7) is 5.93. The average Bonchev–Trinajstić information content (AvgIpc) is 2.36. The zero-order valence-corrected chi connectivity index (χ0v) is 12.7. The third-order valence-corrected chi connectivity index (χ3v) is 2.54. The van der Waals surface area contributed by atoms with E-state index >= 15 is 0 Å². The summed E-state index contributed by atoms with van der Waals surface area (Å²) < 4.78 is 5.40. The molecule has 0 saturated heterocycles. The Bertz CT molecular complexity index is 539. The minimum absolute atomic E-state index is 0.00403. The predicted octanol–water partition coefficient (Wildman–Crippen LogP) is 2.40. The lowest BCUT2D eigenvalue weighted by Crippen LogP contribution is -2.27. The molecule has 3 N–H and O–H groups in total. The maximum atomic E-state index is 11.7. The number of nitrogens with two attached hydrogens (primary N) is 1. The van der Waals surface area contributed by atoms with Gasteiger partial charge < -0.3 is 15.8 Å². The maximum Gasteiger partial charge on any atom is 0.250 e. The topological polar surface area (TPSA) is 64.3 Å². The van der Waals surface area contributed by atoms with Crippen molar-refractivity contribution in [2.45, 2.75) is 26.4 Å². The molecule has 0 aliphatic carbocycles. The van der Waals surface area contributed by atoms with Gasteiger partial charge in [-0.15, -0.1) is 0 Å². The Hall–Kier alpha value is -1.54. The molecule has 0 spiro atoms. The van der Waals surface area contributed by atoms with Gasteiger partial charge in [-0.25, -0.2) is 0 Å². The molecular weight excluding hydrogens is 276 g/mol.